The maximum atomic E-state index is 13.7. The molecule has 10 N–H and O–H groups in total. The van der Waals surface area contributed by atoms with E-state index in [1.165, 1.54) is 0 Å². The Balaban J connectivity index is 1.56. The van der Waals surface area contributed by atoms with Gasteiger partial charge in [-0.05, 0) is 42.0 Å². The highest BCUT2D eigenvalue weighted by atomic mass is 16.4. The fourth-order valence-electron chi connectivity index (χ4n) is 5.29. The van der Waals surface area contributed by atoms with Crippen LogP contribution in [-0.4, -0.2) is 68.8 Å². The molecule has 0 saturated heterocycles. The minimum absolute atomic E-state index is 0.0252. The maximum Gasteiger partial charge on any atom is 0.326 e. The number of H-pyrrole nitrogens is 2. The fraction of sp³-hybridized carbons (Fsp3) is 0.344. The zero-order valence-corrected chi connectivity index (χ0v) is 25.1. The zero-order valence-electron chi connectivity index (χ0n) is 25.1. The van der Waals surface area contributed by atoms with Crippen LogP contribution >= 0.6 is 0 Å². The minimum Gasteiger partial charge on any atom is -0.480 e. The highest BCUT2D eigenvalue weighted by Crippen LogP contribution is 2.21. The fourth-order valence-corrected chi connectivity index (χ4v) is 5.29. The molecule has 0 radical (unpaired) electrons. The van der Waals surface area contributed by atoms with Crippen LogP contribution < -0.4 is 27.4 Å². The number of nitrogens with two attached hydrogens (primary N) is 2. The van der Waals surface area contributed by atoms with Gasteiger partial charge in [0.25, 0.3) is 0 Å². The van der Waals surface area contributed by atoms with Crippen LogP contribution in [0.2, 0.25) is 0 Å². The number of fused-ring (bicyclic) bond motifs is 2. The molecule has 4 amide bonds. The Labute approximate surface area is 259 Å². The van der Waals surface area contributed by atoms with Gasteiger partial charge in [-0.2, -0.15) is 0 Å². The van der Waals surface area contributed by atoms with Crippen molar-refractivity contribution < 1.29 is 29.1 Å². The van der Waals surface area contributed by atoms with Gasteiger partial charge in [0.2, 0.25) is 23.6 Å². The number of carboxylic acid groups (broad SMARTS) is 1. The standard InChI is InChI=1S/C32H39N7O6/c1-17(2)11-27(32(44)45)39-31(43)26(14-28(34)40)38-30(42)25(13-19-16-36-24-10-6-4-8-21(19)24)37-29(41)22(33)12-18-15-35-23-9-5-3-7-20(18)23/h3-10,15-17,22,25-27,35-36H,11-14,33H2,1-2H3,(H2,34,40)(H,37,41)(H,38,42)(H,39,43)(H,44,45). The van der Waals surface area contributed by atoms with E-state index < -0.39 is 60.2 Å². The molecule has 0 saturated carbocycles. The molecule has 4 aromatic rings. The van der Waals surface area contributed by atoms with Crippen molar-refractivity contribution in [3.05, 3.63) is 72.1 Å². The Morgan fingerprint density at radius 3 is 1.76 bits per heavy atom. The lowest BCUT2D eigenvalue weighted by Gasteiger charge is -2.25. The molecule has 0 aliphatic carbocycles. The van der Waals surface area contributed by atoms with E-state index >= 15 is 0 Å². The van der Waals surface area contributed by atoms with Crippen LogP contribution in [0.15, 0.2) is 60.9 Å². The number of para-hydroxylation sites is 2. The number of aliphatic carboxylic acids is 1. The molecule has 0 aliphatic rings. The summed E-state index contributed by atoms with van der Waals surface area (Å²) in [5.74, 6) is -4.45. The summed E-state index contributed by atoms with van der Waals surface area (Å²) in [7, 11) is 0. The Hall–Kier alpha value is -5.17. The van der Waals surface area contributed by atoms with Crippen LogP contribution in [-0.2, 0) is 36.8 Å². The quantitative estimate of drug-likeness (QED) is 0.0972. The van der Waals surface area contributed by atoms with Gasteiger partial charge in [0.1, 0.15) is 18.1 Å². The molecule has 4 rings (SSSR count). The lowest BCUT2D eigenvalue weighted by molar-refractivity contribution is -0.143. The van der Waals surface area contributed by atoms with Crippen molar-refractivity contribution in [1.82, 2.24) is 25.9 Å². The number of rotatable bonds is 15. The summed E-state index contributed by atoms with van der Waals surface area (Å²) in [6.07, 6.45) is 3.27. The second-order valence-electron chi connectivity index (χ2n) is 11.6. The third-order valence-corrected chi connectivity index (χ3v) is 7.54. The lowest BCUT2D eigenvalue weighted by atomic mass is 10.0. The number of carbonyl (C=O) groups excluding carboxylic acids is 4. The predicted molar refractivity (Wildman–Crippen MR) is 169 cm³/mol. The predicted octanol–water partition coefficient (Wildman–Crippen LogP) is 1.22. The zero-order chi connectivity index (χ0) is 32.7. The second-order valence-corrected chi connectivity index (χ2v) is 11.6. The second kappa shape index (κ2) is 14.5. The molecule has 2 heterocycles. The molecule has 4 atom stereocenters. The number of amides is 4. The number of carboxylic acids is 1. The van der Waals surface area contributed by atoms with Gasteiger partial charge < -0.3 is 42.5 Å². The molecular weight excluding hydrogens is 578 g/mol. The van der Waals surface area contributed by atoms with E-state index in [-0.39, 0.29) is 25.2 Å². The lowest BCUT2D eigenvalue weighted by Crippen LogP contribution is -2.58. The normalized spacial score (nSPS) is 14.0. The molecule has 13 heteroatoms. The first kappa shape index (κ1) is 32.7. The van der Waals surface area contributed by atoms with Crippen molar-refractivity contribution in [2.75, 3.05) is 0 Å². The topological polar surface area (TPSA) is 225 Å². The van der Waals surface area contributed by atoms with Crippen LogP contribution in [0.25, 0.3) is 21.8 Å². The molecule has 2 aromatic heterocycles. The average molecular weight is 618 g/mol. The maximum absolute atomic E-state index is 13.7. The van der Waals surface area contributed by atoms with Crippen molar-refractivity contribution in [2.24, 2.45) is 17.4 Å². The van der Waals surface area contributed by atoms with Gasteiger partial charge >= 0.3 is 5.97 Å². The number of aromatic amines is 2. The van der Waals surface area contributed by atoms with Gasteiger partial charge in [0.15, 0.2) is 0 Å². The van der Waals surface area contributed by atoms with Gasteiger partial charge in [-0.1, -0.05) is 50.2 Å². The van der Waals surface area contributed by atoms with Crippen molar-refractivity contribution in [3.8, 4) is 0 Å². The smallest absolute Gasteiger partial charge is 0.326 e. The number of nitrogens with one attached hydrogen (secondary N) is 5. The van der Waals surface area contributed by atoms with Crippen LogP contribution in [0.5, 0.6) is 0 Å². The Morgan fingerprint density at radius 1 is 0.733 bits per heavy atom. The van der Waals surface area contributed by atoms with Crippen molar-refractivity contribution in [1.29, 1.82) is 0 Å². The first-order chi connectivity index (χ1) is 21.4. The molecule has 0 aliphatic heterocycles. The molecular formula is C32H39N7O6. The van der Waals surface area contributed by atoms with E-state index in [1.807, 2.05) is 48.5 Å². The Kier molecular flexibility index (Phi) is 10.6. The van der Waals surface area contributed by atoms with E-state index in [0.29, 0.717) is 0 Å². The third-order valence-electron chi connectivity index (χ3n) is 7.54. The summed E-state index contributed by atoms with van der Waals surface area (Å²) >= 11 is 0. The first-order valence-electron chi connectivity index (χ1n) is 14.7. The number of aromatic nitrogens is 2. The third kappa shape index (κ3) is 8.48. The van der Waals surface area contributed by atoms with Gasteiger partial charge in [-0.25, -0.2) is 4.79 Å². The molecule has 45 heavy (non-hydrogen) atoms. The minimum atomic E-state index is -1.48. The molecule has 2 aromatic carbocycles. The van der Waals surface area contributed by atoms with Crippen LogP contribution in [0.4, 0.5) is 0 Å². The van der Waals surface area contributed by atoms with E-state index in [9.17, 15) is 29.1 Å². The van der Waals surface area contributed by atoms with Crippen LogP contribution in [0.3, 0.4) is 0 Å². The van der Waals surface area contributed by atoms with Crippen molar-refractivity contribution >= 4 is 51.4 Å². The number of carbonyl (C=O) groups is 5. The Morgan fingerprint density at radius 2 is 1.22 bits per heavy atom. The highest BCUT2D eigenvalue weighted by Gasteiger charge is 2.32. The summed E-state index contributed by atoms with van der Waals surface area (Å²) in [5, 5.41) is 18.9. The van der Waals surface area contributed by atoms with Gasteiger partial charge in [-0.3, -0.25) is 19.2 Å². The van der Waals surface area contributed by atoms with Crippen molar-refractivity contribution in [2.45, 2.75) is 63.7 Å². The largest absolute Gasteiger partial charge is 0.480 e. The number of benzene rings is 2. The number of primary amides is 1. The van der Waals surface area contributed by atoms with Gasteiger partial charge in [0.05, 0.1) is 12.5 Å². The van der Waals surface area contributed by atoms with E-state index in [4.69, 9.17) is 11.5 Å². The van der Waals surface area contributed by atoms with E-state index in [0.717, 1.165) is 32.9 Å². The average Bonchev–Trinajstić information content (AvgIpc) is 3.59. The molecule has 13 nitrogen and oxygen atoms in total. The summed E-state index contributed by atoms with van der Waals surface area (Å²) in [5.41, 5.74) is 14.9. The molecule has 0 spiro atoms. The van der Waals surface area contributed by atoms with E-state index in [2.05, 4.69) is 25.9 Å². The summed E-state index contributed by atoms with van der Waals surface area (Å²) in [6.45, 7) is 3.60. The molecule has 0 fully saturated rings. The number of hydrogen-bond donors (Lipinski definition) is 8. The van der Waals surface area contributed by atoms with Gasteiger partial charge in [0, 0.05) is 40.6 Å². The molecule has 4 unspecified atom stereocenters. The van der Waals surface area contributed by atoms with Crippen molar-refractivity contribution in [3.63, 3.8) is 0 Å². The first-order valence-corrected chi connectivity index (χ1v) is 14.7. The molecule has 0 bridgehead atoms. The summed E-state index contributed by atoms with van der Waals surface area (Å²) in [6, 6.07) is 10.1. The SMILES string of the molecule is CC(C)CC(NC(=O)C(CC(N)=O)NC(=O)C(Cc1c[nH]c2ccccc12)NC(=O)C(N)Cc1c[nH]c2ccccc12)C(=O)O. The van der Waals surface area contributed by atoms with Crippen LogP contribution in [0, 0.1) is 5.92 Å². The Bertz CT molecular complexity index is 1690. The monoisotopic (exact) mass is 617 g/mol. The highest BCUT2D eigenvalue weighted by molar-refractivity contribution is 5.97. The summed E-state index contributed by atoms with van der Waals surface area (Å²) in [4.78, 5) is 70.1. The molecule has 238 valence electrons. The number of hydrogen-bond acceptors (Lipinski definition) is 6. The van der Waals surface area contributed by atoms with Gasteiger partial charge in [-0.15, -0.1) is 0 Å². The van der Waals surface area contributed by atoms with E-state index in [1.54, 1.807) is 26.2 Å². The summed E-state index contributed by atoms with van der Waals surface area (Å²) < 4.78 is 0. The van der Waals surface area contributed by atoms with Crippen LogP contribution in [0.1, 0.15) is 37.8 Å².